The van der Waals surface area contributed by atoms with Crippen LogP contribution in [-0.4, -0.2) is 46.2 Å². The fourth-order valence-corrected chi connectivity index (χ4v) is 4.09. The Balaban J connectivity index is 1.94. The number of halogens is 2. The maximum atomic E-state index is 13.0. The highest BCUT2D eigenvalue weighted by Gasteiger charge is 2.50. The number of nitrogens with zero attached hydrogens (tertiary/aromatic N) is 1. The highest BCUT2D eigenvalue weighted by Crippen LogP contribution is 2.36. The molecule has 7 heteroatoms. The van der Waals surface area contributed by atoms with Crippen molar-refractivity contribution < 1.29 is 19.8 Å². The minimum absolute atomic E-state index is 0.115. The Morgan fingerprint density at radius 3 is 2.30 bits per heavy atom. The second-order valence-electron chi connectivity index (χ2n) is 6.75. The number of amides is 1. The van der Waals surface area contributed by atoms with Gasteiger partial charge in [-0.05, 0) is 30.5 Å². The third-order valence-electron chi connectivity index (χ3n) is 5.04. The molecule has 2 aromatic rings. The first-order valence-corrected chi connectivity index (χ1v) is 9.29. The van der Waals surface area contributed by atoms with Gasteiger partial charge in [0.1, 0.15) is 5.41 Å². The van der Waals surface area contributed by atoms with E-state index in [1.807, 2.05) is 30.3 Å². The Morgan fingerprint density at radius 1 is 1.07 bits per heavy atom. The standard InChI is InChI=1S/C20H19Cl2NO4/c21-14-7-4-8-15(22)17(14)18(25)23-10-9-16(24)20(12-23,19(26)27)11-13-5-2-1-3-6-13/h1-8,16,24H,9-12H2,(H,26,27)/t16-,20+/m0/s1. The SMILES string of the molecule is O=C(c1c(Cl)cccc1Cl)N1CC[C@H](O)[C@](Cc2ccccc2)(C(=O)O)C1. The number of piperidine rings is 1. The van der Waals surface area contributed by atoms with Crippen LogP contribution in [-0.2, 0) is 11.2 Å². The van der Waals surface area contributed by atoms with Gasteiger partial charge in [0.2, 0.25) is 0 Å². The number of likely N-dealkylation sites (tertiary alicyclic amines) is 1. The van der Waals surface area contributed by atoms with Crippen molar-refractivity contribution in [2.24, 2.45) is 5.41 Å². The summed E-state index contributed by atoms with van der Waals surface area (Å²) in [6.45, 7) is 0.101. The molecule has 1 fully saturated rings. The largest absolute Gasteiger partial charge is 0.481 e. The van der Waals surface area contributed by atoms with E-state index in [9.17, 15) is 19.8 Å². The number of aliphatic carboxylic acids is 1. The lowest BCUT2D eigenvalue weighted by molar-refractivity contribution is -0.161. The van der Waals surface area contributed by atoms with E-state index in [0.717, 1.165) is 5.56 Å². The van der Waals surface area contributed by atoms with E-state index < -0.39 is 23.4 Å². The van der Waals surface area contributed by atoms with Crippen LogP contribution in [0, 0.1) is 5.41 Å². The van der Waals surface area contributed by atoms with Gasteiger partial charge in [0.05, 0.1) is 21.7 Å². The first-order valence-electron chi connectivity index (χ1n) is 8.54. The quantitative estimate of drug-likeness (QED) is 0.812. The molecule has 1 heterocycles. The monoisotopic (exact) mass is 407 g/mol. The molecule has 0 spiro atoms. The first-order chi connectivity index (χ1) is 12.8. The summed E-state index contributed by atoms with van der Waals surface area (Å²) in [7, 11) is 0. The van der Waals surface area contributed by atoms with E-state index in [0.29, 0.717) is 0 Å². The van der Waals surface area contributed by atoms with Crippen molar-refractivity contribution in [3.05, 3.63) is 69.7 Å². The molecular weight excluding hydrogens is 389 g/mol. The van der Waals surface area contributed by atoms with Gasteiger partial charge < -0.3 is 15.1 Å². The molecule has 1 aliphatic rings. The lowest BCUT2D eigenvalue weighted by atomic mass is 9.72. The number of rotatable bonds is 4. The molecule has 0 unspecified atom stereocenters. The van der Waals surface area contributed by atoms with Crippen LogP contribution >= 0.6 is 23.2 Å². The predicted molar refractivity (Wildman–Crippen MR) is 103 cm³/mol. The van der Waals surface area contributed by atoms with E-state index in [1.54, 1.807) is 18.2 Å². The van der Waals surface area contributed by atoms with Crippen molar-refractivity contribution in [1.82, 2.24) is 4.90 Å². The van der Waals surface area contributed by atoms with Gasteiger partial charge in [-0.25, -0.2) is 0 Å². The van der Waals surface area contributed by atoms with Crippen LogP contribution in [0.4, 0.5) is 0 Å². The van der Waals surface area contributed by atoms with Gasteiger partial charge in [-0.2, -0.15) is 0 Å². The van der Waals surface area contributed by atoms with Gasteiger partial charge in [-0.15, -0.1) is 0 Å². The molecule has 0 aromatic heterocycles. The maximum absolute atomic E-state index is 13.0. The van der Waals surface area contributed by atoms with Crippen molar-refractivity contribution in [1.29, 1.82) is 0 Å². The molecule has 0 aliphatic carbocycles. The summed E-state index contributed by atoms with van der Waals surface area (Å²) >= 11 is 12.3. The molecule has 0 radical (unpaired) electrons. The Kier molecular flexibility index (Phi) is 5.75. The Hall–Kier alpha value is -2.08. The smallest absolute Gasteiger partial charge is 0.314 e. The number of benzene rings is 2. The van der Waals surface area contributed by atoms with Crippen LogP contribution in [0.25, 0.3) is 0 Å². The summed E-state index contributed by atoms with van der Waals surface area (Å²) in [6, 6.07) is 13.8. The maximum Gasteiger partial charge on any atom is 0.314 e. The van der Waals surface area contributed by atoms with E-state index in [2.05, 4.69) is 0 Å². The summed E-state index contributed by atoms with van der Waals surface area (Å²) in [5.41, 5.74) is -0.566. The van der Waals surface area contributed by atoms with E-state index in [4.69, 9.17) is 23.2 Å². The minimum Gasteiger partial charge on any atom is -0.481 e. The van der Waals surface area contributed by atoms with E-state index in [-0.39, 0.29) is 41.5 Å². The summed E-state index contributed by atoms with van der Waals surface area (Å²) < 4.78 is 0. The molecule has 0 saturated carbocycles. The normalized spacial score (nSPS) is 22.5. The number of aliphatic hydroxyl groups is 1. The molecule has 1 saturated heterocycles. The lowest BCUT2D eigenvalue weighted by Gasteiger charge is -2.43. The highest BCUT2D eigenvalue weighted by molar-refractivity contribution is 6.39. The number of carbonyl (C=O) groups excluding carboxylic acids is 1. The molecule has 27 heavy (non-hydrogen) atoms. The summed E-state index contributed by atoms with van der Waals surface area (Å²) in [5, 5.41) is 20.9. The van der Waals surface area contributed by atoms with Crippen molar-refractivity contribution >= 4 is 35.1 Å². The Labute approximate surface area is 167 Å². The van der Waals surface area contributed by atoms with Gasteiger partial charge in [-0.1, -0.05) is 59.6 Å². The van der Waals surface area contributed by atoms with E-state index in [1.165, 1.54) is 4.90 Å². The third-order valence-corrected chi connectivity index (χ3v) is 5.67. The molecule has 1 amide bonds. The van der Waals surface area contributed by atoms with Crippen molar-refractivity contribution in [3.8, 4) is 0 Å². The van der Waals surface area contributed by atoms with Gasteiger partial charge in [0, 0.05) is 13.1 Å². The number of carboxylic acids is 1. The molecule has 3 rings (SSSR count). The zero-order valence-corrected chi connectivity index (χ0v) is 16.0. The number of aliphatic hydroxyl groups excluding tert-OH is 1. The van der Waals surface area contributed by atoms with Gasteiger partial charge >= 0.3 is 5.97 Å². The minimum atomic E-state index is -1.50. The fourth-order valence-electron chi connectivity index (χ4n) is 3.53. The molecule has 2 N–H and O–H groups in total. The highest BCUT2D eigenvalue weighted by atomic mass is 35.5. The molecular formula is C20H19Cl2NO4. The van der Waals surface area contributed by atoms with Crippen molar-refractivity contribution in [3.63, 3.8) is 0 Å². The zero-order valence-electron chi connectivity index (χ0n) is 14.4. The average molecular weight is 408 g/mol. The van der Waals surface area contributed by atoms with Gasteiger partial charge in [0.15, 0.2) is 0 Å². The summed E-state index contributed by atoms with van der Waals surface area (Å²) in [4.78, 5) is 26.6. The second kappa shape index (κ2) is 7.89. The predicted octanol–water partition coefficient (Wildman–Crippen LogP) is 3.51. The van der Waals surface area contributed by atoms with Crippen LogP contribution in [0.3, 0.4) is 0 Å². The van der Waals surface area contributed by atoms with Crippen molar-refractivity contribution in [2.45, 2.75) is 18.9 Å². The lowest BCUT2D eigenvalue weighted by Crippen LogP contribution is -2.58. The van der Waals surface area contributed by atoms with Crippen LogP contribution in [0.2, 0.25) is 10.0 Å². The number of hydrogen-bond acceptors (Lipinski definition) is 3. The van der Waals surface area contributed by atoms with E-state index >= 15 is 0 Å². The van der Waals surface area contributed by atoms with Crippen LogP contribution in [0.15, 0.2) is 48.5 Å². The van der Waals surface area contributed by atoms with Crippen LogP contribution in [0.1, 0.15) is 22.3 Å². The Morgan fingerprint density at radius 2 is 1.70 bits per heavy atom. The van der Waals surface area contributed by atoms with Crippen LogP contribution < -0.4 is 0 Å². The molecule has 142 valence electrons. The first kappa shape index (κ1) is 19.7. The number of hydrogen-bond donors (Lipinski definition) is 2. The topological polar surface area (TPSA) is 77.8 Å². The third kappa shape index (κ3) is 3.81. The molecule has 5 nitrogen and oxygen atoms in total. The van der Waals surface area contributed by atoms with Gasteiger partial charge in [0.25, 0.3) is 5.91 Å². The molecule has 2 atom stereocenters. The zero-order chi connectivity index (χ0) is 19.6. The molecule has 1 aliphatic heterocycles. The number of carboxylic acid groups (broad SMARTS) is 1. The second-order valence-corrected chi connectivity index (χ2v) is 7.57. The fraction of sp³-hybridized carbons (Fsp3) is 0.300. The average Bonchev–Trinajstić information content (AvgIpc) is 2.64. The van der Waals surface area contributed by atoms with Crippen LogP contribution in [0.5, 0.6) is 0 Å². The summed E-state index contributed by atoms with van der Waals surface area (Å²) in [6.07, 6.45) is -0.793. The summed E-state index contributed by atoms with van der Waals surface area (Å²) in [5.74, 6) is -1.57. The van der Waals surface area contributed by atoms with Crippen molar-refractivity contribution in [2.75, 3.05) is 13.1 Å². The molecule has 2 aromatic carbocycles. The van der Waals surface area contributed by atoms with Gasteiger partial charge in [-0.3, -0.25) is 9.59 Å². The number of carbonyl (C=O) groups is 2. The Bertz CT molecular complexity index is 838. The molecule has 0 bridgehead atoms.